The van der Waals surface area contributed by atoms with Crippen LogP contribution in [0.4, 0.5) is 0 Å². The average molecular weight is 279 g/mol. The van der Waals surface area contributed by atoms with Crippen LogP contribution in [0.1, 0.15) is 33.1 Å². The van der Waals surface area contributed by atoms with Crippen LogP contribution in [0, 0.1) is 5.92 Å². The van der Waals surface area contributed by atoms with Crippen LogP contribution in [0.3, 0.4) is 0 Å². The smallest absolute Gasteiger partial charge is 0.246 e. The summed E-state index contributed by atoms with van der Waals surface area (Å²) in [7, 11) is 3.82. The molecular formula is C15H25N3O2. The van der Waals surface area contributed by atoms with Crippen LogP contribution in [0.25, 0.3) is 0 Å². The molecular weight excluding hydrogens is 254 g/mol. The Morgan fingerprint density at radius 2 is 1.80 bits per heavy atom. The van der Waals surface area contributed by atoms with E-state index < -0.39 is 11.8 Å². The molecule has 0 bridgehead atoms. The summed E-state index contributed by atoms with van der Waals surface area (Å²) in [6, 6.07) is -0.0538. The summed E-state index contributed by atoms with van der Waals surface area (Å²) in [6.45, 7) is 3.71. The fraction of sp³-hybridized carbons (Fsp3) is 0.600. The van der Waals surface area contributed by atoms with E-state index in [4.69, 9.17) is 11.5 Å². The van der Waals surface area contributed by atoms with Crippen LogP contribution in [0.5, 0.6) is 0 Å². The van der Waals surface area contributed by atoms with Gasteiger partial charge >= 0.3 is 0 Å². The summed E-state index contributed by atoms with van der Waals surface area (Å²) >= 11 is 0. The first-order valence-electron chi connectivity index (χ1n) is 6.97. The molecule has 0 radical (unpaired) electrons. The van der Waals surface area contributed by atoms with Gasteiger partial charge in [-0.15, -0.1) is 0 Å². The number of allylic oxidation sites excluding steroid dienone is 2. The molecule has 1 saturated carbocycles. The molecule has 4 N–H and O–H groups in total. The molecule has 1 aliphatic rings. The Morgan fingerprint density at radius 3 is 2.10 bits per heavy atom. The molecule has 0 spiro atoms. The second-order valence-corrected chi connectivity index (χ2v) is 5.57. The second kappa shape index (κ2) is 6.70. The number of likely N-dealkylation sites (N-methyl/N-ethyl adjacent to an activating group) is 1. The predicted molar refractivity (Wildman–Crippen MR) is 79.7 cm³/mol. The van der Waals surface area contributed by atoms with E-state index >= 15 is 0 Å². The zero-order valence-corrected chi connectivity index (χ0v) is 12.8. The molecule has 0 aromatic heterocycles. The van der Waals surface area contributed by atoms with Crippen LogP contribution in [0.2, 0.25) is 0 Å². The van der Waals surface area contributed by atoms with Crippen molar-refractivity contribution in [1.82, 2.24) is 4.90 Å². The number of rotatable bonds is 7. The van der Waals surface area contributed by atoms with Crippen LogP contribution in [-0.2, 0) is 9.59 Å². The first-order chi connectivity index (χ1) is 9.29. The van der Waals surface area contributed by atoms with Gasteiger partial charge in [-0.25, -0.2) is 0 Å². The van der Waals surface area contributed by atoms with E-state index in [2.05, 4.69) is 0 Å². The monoisotopic (exact) mass is 279 g/mol. The number of hydrogen-bond donors (Lipinski definition) is 2. The van der Waals surface area contributed by atoms with Crippen molar-refractivity contribution >= 4 is 11.8 Å². The maximum absolute atomic E-state index is 11.8. The molecule has 5 heteroatoms. The Morgan fingerprint density at radius 1 is 1.25 bits per heavy atom. The van der Waals surface area contributed by atoms with Gasteiger partial charge in [-0.3, -0.25) is 9.59 Å². The largest absolute Gasteiger partial charge is 0.366 e. The number of carbonyl (C=O) groups excluding carboxylic acids is 2. The van der Waals surface area contributed by atoms with Gasteiger partial charge in [-0.05, 0) is 57.8 Å². The third-order valence-corrected chi connectivity index (χ3v) is 3.78. The molecule has 0 aromatic carbocycles. The van der Waals surface area contributed by atoms with Gasteiger partial charge in [0, 0.05) is 17.2 Å². The van der Waals surface area contributed by atoms with Crippen molar-refractivity contribution < 1.29 is 9.59 Å². The molecule has 1 rings (SSSR count). The van der Waals surface area contributed by atoms with E-state index in [0.29, 0.717) is 17.1 Å². The summed E-state index contributed by atoms with van der Waals surface area (Å²) in [5.41, 5.74) is 12.8. The number of hydrogen-bond acceptors (Lipinski definition) is 3. The highest BCUT2D eigenvalue weighted by Crippen LogP contribution is 2.39. The van der Waals surface area contributed by atoms with E-state index in [1.165, 1.54) is 0 Å². The molecule has 0 saturated heterocycles. The van der Waals surface area contributed by atoms with Crippen molar-refractivity contribution in [1.29, 1.82) is 0 Å². The van der Waals surface area contributed by atoms with E-state index in [9.17, 15) is 9.59 Å². The van der Waals surface area contributed by atoms with Crippen molar-refractivity contribution in [3.8, 4) is 0 Å². The van der Waals surface area contributed by atoms with Gasteiger partial charge in [-0.1, -0.05) is 6.92 Å². The summed E-state index contributed by atoms with van der Waals surface area (Å²) in [6.07, 6.45) is 4.62. The Balaban J connectivity index is 3.26. The van der Waals surface area contributed by atoms with Crippen molar-refractivity contribution in [2.75, 3.05) is 14.1 Å². The topological polar surface area (TPSA) is 89.4 Å². The molecule has 0 aromatic rings. The maximum atomic E-state index is 11.8. The van der Waals surface area contributed by atoms with E-state index in [1.54, 1.807) is 13.0 Å². The zero-order chi connectivity index (χ0) is 15.4. The zero-order valence-electron chi connectivity index (χ0n) is 12.8. The lowest BCUT2D eigenvalue weighted by molar-refractivity contribution is -0.115. The molecule has 112 valence electrons. The summed E-state index contributed by atoms with van der Waals surface area (Å²) in [5.74, 6) is -0.553. The minimum atomic E-state index is -0.444. The highest BCUT2D eigenvalue weighted by atomic mass is 16.1. The van der Waals surface area contributed by atoms with Gasteiger partial charge in [0.05, 0.1) is 0 Å². The van der Waals surface area contributed by atoms with Crippen molar-refractivity contribution in [2.24, 2.45) is 17.4 Å². The predicted octanol–water partition coefficient (Wildman–Crippen LogP) is 0.950. The molecule has 1 atom stereocenters. The van der Waals surface area contributed by atoms with Gasteiger partial charge in [0.1, 0.15) is 0 Å². The number of primary amides is 2. The molecule has 20 heavy (non-hydrogen) atoms. The Labute approximate surface area is 120 Å². The molecule has 1 unspecified atom stereocenters. The van der Waals surface area contributed by atoms with Gasteiger partial charge in [0.2, 0.25) is 11.8 Å². The fourth-order valence-electron chi connectivity index (χ4n) is 2.43. The lowest BCUT2D eigenvalue weighted by Gasteiger charge is -2.24. The summed E-state index contributed by atoms with van der Waals surface area (Å²) < 4.78 is 0. The minimum absolute atomic E-state index is 0.0538. The molecule has 5 nitrogen and oxygen atoms in total. The van der Waals surface area contributed by atoms with E-state index in [0.717, 1.165) is 24.8 Å². The lowest BCUT2D eigenvalue weighted by atomic mass is 9.95. The first-order valence-corrected chi connectivity index (χ1v) is 6.97. The van der Waals surface area contributed by atoms with Crippen molar-refractivity contribution in [3.05, 3.63) is 22.8 Å². The standard InChI is InChI=1S/C15H25N3O2/c1-5-13(18(3)4)12(15(17)20)8-11(10-6-7-10)9(2)14(16)19/h8,10,13H,5-7H2,1-4H3,(H2,16,19)(H2,17,20)/b11-9-,12-8-. The summed E-state index contributed by atoms with van der Waals surface area (Å²) in [4.78, 5) is 25.1. The maximum Gasteiger partial charge on any atom is 0.246 e. The molecule has 0 heterocycles. The van der Waals surface area contributed by atoms with Crippen LogP contribution < -0.4 is 11.5 Å². The summed E-state index contributed by atoms with van der Waals surface area (Å²) in [5, 5.41) is 0. The van der Waals surface area contributed by atoms with Gasteiger partial charge < -0.3 is 16.4 Å². The Hall–Kier alpha value is -1.62. The number of amides is 2. The highest BCUT2D eigenvalue weighted by Gasteiger charge is 2.29. The quantitative estimate of drug-likeness (QED) is 0.537. The SMILES string of the molecule is CCC(/C(=C/C(=C(\C)C(N)=O)C1CC1)C(N)=O)N(C)C. The third-order valence-electron chi connectivity index (χ3n) is 3.78. The molecule has 2 amide bonds. The van der Waals surface area contributed by atoms with Gasteiger partial charge in [0.15, 0.2) is 0 Å². The van der Waals surface area contributed by atoms with Gasteiger partial charge in [0.25, 0.3) is 0 Å². The fourth-order valence-corrected chi connectivity index (χ4v) is 2.43. The highest BCUT2D eigenvalue weighted by molar-refractivity contribution is 5.96. The normalized spacial score (nSPS) is 18.8. The van der Waals surface area contributed by atoms with Crippen LogP contribution >= 0.6 is 0 Å². The third kappa shape index (κ3) is 3.93. The second-order valence-electron chi connectivity index (χ2n) is 5.57. The number of carbonyl (C=O) groups is 2. The lowest BCUT2D eigenvalue weighted by Crippen LogP contribution is -2.35. The Bertz CT molecular complexity index is 460. The van der Waals surface area contributed by atoms with Crippen molar-refractivity contribution in [3.63, 3.8) is 0 Å². The van der Waals surface area contributed by atoms with Crippen LogP contribution in [-0.4, -0.2) is 36.9 Å². The minimum Gasteiger partial charge on any atom is -0.366 e. The molecule has 1 aliphatic carbocycles. The average Bonchev–Trinajstić information content (AvgIpc) is 3.16. The van der Waals surface area contributed by atoms with E-state index in [1.807, 2.05) is 25.9 Å². The first kappa shape index (κ1) is 16.4. The Kier molecular flexibility index (Phi) is 5.51. The van der Waals surface area contributed by atoms with E-state index in [-0.39, 0.29) is 6.04 Å². The van der Waals surface area contributed by atoms with Gasteiger partial charge in [-0.2, -0.15) is 0 Å². The number of nitrogens with two attached hydrogens (primary N) is 2. The van der Waals surface area contributed by atoms with Crippen LogP contribution in [0.15, 0.2) is 22.8 Å². The van der Waals surface area contributed by atoms with Crippen molar-refractivity contribution in [2.45, 2.75) is 39.2 Å². The molecule has 1 fully saturated rings. The number of nitrogens with zero attached hydrogens (tertiary/aromatic N) is 1. The molecule has 0 aliphatic heterocycles.